The highest BCUT2D eigenvalue weighted by atomic mass is 32.2. The number of ether oxygens (including phenoxy) is 1. The maximum atomic E-state index is 13.8. The van der Waals surface area contributed by atoms with E-state index in [4.69, 9.17) is 4.74 Å². The monoisotopic (exact) mass is 420 g/mol. The number of methoxy groups -OCH3 is 1. The van der Waals surface area contributed by atoms with Crippen LogP contribution in [-0.2, 0) is 10.0 Å². The maximum absolute atomic E-state index is 13.8. The topological polar surface area (TPSA) is 75.7 Å². The molecule has 1 heterocycles. The molecule has 0 bridgehead atoms. The summed E-state index contributed by atoms with van der Waals surface area (Å²) in [5, 5.41) is 2.59. The Morgan fingerprint density at radius 3 is 2.28 bits per heavy atom. The summed E-state index contributed by atoms with van der Waals surface area (Å²) in [6.07, 6.45) is 1.01. The normalized spacial score (nSPS) is 20.3. The molecule has 2 aromatic carbocycles. The molecule has 1 fully saturated rings. The summed E-state index contributed by atoms with van der Waals surface area (Å²) in [5.74, 6) is -0.346. The highest BCUT2D eigenvalue weighted by Gasteiger charge is 2.31. The number of piperidine rings is 1. The van der Waals surface area contributed by atoms with Crippen LogP contribution in [0.1, 0.15) is 30.6 Å². The van der Waals surface area contributed by atoms with Crippen LogP contribution in [-0.4, -0.2) is 38.8 Å². The van der Waals surface area contributed by atoms with Crippen molar-refractivity contribution < 1.29 is 22.3 Å². The summed E-state index contributed by atoms with van der Waals surface area (Å²) >= 11 is 0. The third-order valence-corrected chi connectivity index (χ3v) is 6.85. The summed E-state index contributed by atoms with van der Waals surface area (Å²) < 4.78 is 46.0. The van der Waals surface area contributed by atoms with Gasteiger partial charge in [-0.15, -0.1) is 0 Å². The Hall–Kier alpha value is -2.45. The third kappa shape index (κ3) is 4.76. The molecule has 0 aliphatic carbocycles. The molecule has 29 heavy (non-hydrogen) atoms. The van der Waals surface area contributed by atoms with Gasteiger partial charge in [0.15, 0.2) is 11.6 Å². The molecule has 0 radical (unpaired) electrons. The van der Waals surface area contributed by atoms with E-state index in [2.05, 4.69) is 5.32 Å². The van der Waals surface area contributed by atoms with Crippen molar-refractivity contribution in [3.05, 3.63) is 53.8 Å². The van der Waals surface area contributed by atoms with Crippen LogP contribution in [0.2, 0.25) is 0 Å². The number of anilines is 1. The van der Waals surface area contributed by atoms with Crippen LogP contribution in [0.3, 0.4) is 0 Å². The van der Waals surface area contributed by atoms with E-state index in [1.54, 1.807) is 0 Å². The van der Waals surface area contributed by atoms with Gasteiger partial charge in [-0.25, -0.2) is 12.8 Å². The number of benzene rings is 2. The number of rotatable bonds is 5. The lowest BCUT2D eigenvalue weighted by atomic mass is 9.94. The number of sulfonamides is 1. The molecule has 3 rings (SSSR count). The summed E-state index contributed by atoms with van der Waals surface area (Å²) in [5.41, 5.74) is 0.557. The van der Waals surface area contributed by atoms with Crippen molar-refractivity contribution in [2.45, 2.75) is 25.2 Å². The summed E-state index contributed by atoms with van der Waals surface area (Å²) in [4.78, 5) is 12.6. The lowest BCUT2D eigenvalue weighted by molar-refractivity contribution is 0.102. The molecule has 1 saturated heterocycles. The van der Waals surface area contributed by atoms with Gasteiger partial charge in [-0.05, 0) is 54.7 Å². The average molecular weight is 421 g/mol. The van der Waals surface area contributed by atoms with Crippen molar-refractivity contribution in [3.63, 3.8) is 0 Å². The SMILES string of the molecule is COc1ccc(NC(=O)c2ccc(S(=O)(=O)N3CC(C)CC(C)C3)cc2)cc1F. The number of nitrogens with zero attached hydrogens (tertiary/aromatic N) is 1. The summed E-state index contributed by atoms with van der Waals surface area (Å²) in [6, 6.07) is 9.89. The van der Waals surface area contributed by atoms with Crippen LogP contribution in [0.4, 0.5) is 10.1 Å². The lowest BCUT2D eigenvalue weighted by Crippen LogP contribution is -2.42. The molecule has 1 amide bonds. The molecule has 2 unspecified atom stereocenters. The maximum Gasteiger partial charge on any atom is 0.255 e. The van der Waals surface area contributed by atoms with Gasteiger partial charge < -0.3 is 10.1 Å². The Balaban J connectivity index is 1.74. The van der Waals surface area contributed by atoms with Gasteiger partial charge >= 0.3 is 0 Å². The number of carbonyl (C=O) groups excluding carboxylic acids is 1. The number of halogens is 1. The van der Waals surface area contributed by atoms with Crippen molar-refractivity contribution in [3.8, 4) is 5.75 Å². The second-order valence-electron chi connectivity index (χ2n) is 7.60. The predicted octanol–water partition coefficient (Wildman–Crippen LogP) is 3.75. The predicted molar refractivity (Wildman–Crippen MR) is 109 cm³/mol. The first-order valence-corrected chi connectivity index (χ1v) is 10.9. The van der Waals surface area contributed by atoms with Gasteiger partial charge in [0.2, 0.25) is 10.0 Å². The van der Waals surface area contributed by atoms with Gasteiger partial charge in [0.25, 0.3) is 5.91 Å². The quantitative estimate of drug-likeness (QED) is 0.799. The van der Waals surface area contributed by atoms with Gasteiger partial charge in [0.1, 0.15) is 0 Å². The second kappa shape index (κ2) is 8.51. The van der Waals surface area contributed by atoms with E-state index >= 15 is 0 Å². The van der Waals surface area contributed by atoms with Crippen molar-refractivity contribution in [1.82, 2.24) is 4.31 Å². The largest absolute Gasteiger partial charge is 0.494 e. The number of hydrogen-bond acceptors (Lipinski definition) is 4. The van der Waals surface area contributed by atoms with Gasteiger partial charge in [-0.2, -0.15) is 4.31 Å². The van der Waals surface area contributed by atoms with Crippen LogP contribution < -0.4 is 10.1 Å². The molecular weight excluding hydrogens is 395 g/mol. The number of hydrogen-bond donors (Lipinski definition) is 1. The van der Waals surface area contributed by atoms with Gasteiger partial charge in [0, 0.05) is 30.4 Å². The molecule has 1 aliphatic heterocycles. The minimum atomic E-state index is -3.60. The van der Waals surface area contributed by atoms with Crippen LogP contribution in [0.25, 0.3) is 0 Å². The van der Waals surface area contributed by atoms with Crippen LogP contribution >= 0.6 is 0 Å². The minimum absolute atomic E-state index is 0.0823. The highest BCUT2D eigenvalue weighted by molar-refractivity contribution is 7.89. The van der Waals surface area contributed by atoms with Crippen LogP contribution in [0, 0.1) is 17.7 Å². The highest BCUT2D eigenvalue weighted by Crippen LogP contribution is 2.27. The molecule has 2 aromatic rings. The van der Waals surface area contributed by atoms with E-state index in [0.717, 1.165) is 12.5 Å². The molecule has 6 nitrogen and oxygen atoms in total. The molecule has 1 N–H and O–H groups in total. The zero-order valence-electron chi connectivity index (χ0n) is 16.7. The molecule has 0 spiro atoms. The molecule has 0 aromatic heterocycles. The first-order chi connectivity index (χ1) is 13.7. The average Bonchev–Trinajstić information content (AvgIpc) is 2.67. The van der Waals surface area contributed by atoms with E-state index in [0.29, 0.717) is 24.9 Å². The van der Waals surface area contributed by atoms with E-state index in [-0.39, 0.29) is 21.9 Å². The number of nitrogens with one attached hydrogen (secondary N) is 1. The van der Waals surface area contributed by atoms with Crippen molar-refractivity contribution in [2.24, 2.45) is 11.8 Å². The smallest absolute Gasteiger partial charge is 0.255 e. The van der Waals surface area contributed by atoms with E-state index in [9.17, 15) is 17.6 Å². The fourth-order valence-electron chi connectivity index (χ4n) is 3.68. The van der Waals surface area contributed by atoms with Crippen LogP contribution in [0.5, 0.6) is 5.75 Å². The minimum Gasteiger partial charge on any atom is -0.494 e. The third-order valence-electron chi connectivity index (χ3n) is 5.00. The van der Waals surface area contributed by atoms with Crippen molar-refractivity contribution in [1.29, 1.82) is 0 Å². The van der Waals surface area contributed by atoms with E-state index < -0.39 is 21.7 Å². The fraction of sp³-hybridized carbons (Fsp3) is 0.381. The van der Waals surface area contributed by atoms with Crippen molar-refractivity contribution >= 4 is 21.6 Å². The van der Waals surface area contributed by atoms with Gasteiger partial charge in [0.05, 0.1) is 12.0 Å². The number of amides is 1. The molecule has 0 saturated carbocycles. The fourth-order valence-corrected chi connectivity index (χ4v) is 5.36. The first kappa shape index (κ1) is 21.3. The Morgan fingerprint density at radius 1 is 1.10 bits per heavy atom. The molecule has 156 valence electrons. The van der Waals surface area contributed by atoms with Gasteiger partial charge in [-0.1, -0.05) is 13.8 Å². The summed E-state index contributed by atoms with van der Waals surface area (Å²) in [7, 11) is -2.25. The van der Waals surface area contributed by atoms with Crippen LogP contribution in [0.15, 0.2) is 47.4 Å². The molecule has 8 heteroatoms. The lowest BCUT2D eigenvalue weighted by Gasteiger charge is -2.34. The second-order valence-corrected chi connectivity index (χ2v) is 9.53. The Labute approximate surface area is 170 Å². The zero-order chi connectivity index (χ0) is 21.2. The Bertz CT molecular complexity index is 982. The molecular formula is C21H25FN2O4S. The number of carbonyl (C=O) groups is 1. The van der Waals surface area contributed by atoms with Crippen molar-refractivity contribution in [2.75, 3.05) is 25.5 Å². The molecule has 2 atom stereocenters. The van der Waals surface area contributed by atoms with E-state index in [1.807, 2.05) is 13.8 Å². The van der Waals surface area contributed by atoms with Gasteiger partial charge in [-0.3, -0.25) is 4.79 Å². The summed E-state index contributed by atoms with van der Waals surface area (Å²) in [6.45, 7) is 5.09. The Kier molecular flexibility index (Phi) is 6.24. The molecule has 1 aliphatic rings. The zero-order valence-corrected chi connectivity index (χ0v) is 17.5. The first-order valence-electron chi connectivity index (χ1n) is 9.46. The Morgan fingerprint density at radius 2 is 1.72 bits per heavy atom. The standard InChI is InChI=1S/C21H25FN2O4S/c1-14-10-15(2)13-24(12-14)29(26,27)18-7-4-16(5-8-18)21(25)23-17-6-9-20(28-3)19(22)11-17/h4-9,11,14-15H,10,12-13H2,1-3H3,(H,23,25). The van der Waals surface area contributed by atoms with E-state index in [1.165, 1.54) is 47.8 Å².